The van der Waals surface area contributed by atoms with Gasteiger partial charge in [-0.2, -0.15) is 0 Å². The van der Waals surface area contributed by atoms with Gasteiger partial charge in [-0.15, -0.1) is 0 Å². The second-order valence-corrected chi connectivity index (χ2v) is 12.2. The number of hydrogen-bond donors (Lipinski definition) is 2. The van der Waals surface area contributed by atoms with Crippen molar-refractivity contribution in [3.05, 3.63) is 83.4 Å². The van der Waals surface area contributed by atoms with E-state index in [1.54, 1.807) is 50.2 Å². The van der Waals surface area contributed by atoms with Gasteiger partial charge in [-0.05, 0) is 79.9 Å². The van der Waals surface area contributed by atoms with E-state index >= 15 is 0 Å². The van der Waals surface area contributed by atoms with E-state index in [1.165, 1.54) is 0 Å². The molecule has 0 aliphatic carbocycles. The van der Waals surface area contributed by atoms with Crippen LogP contribution in [0.15, 0.2) is 66.7 Å². The van der Waals surface area contributed by atoms with Crippen molar-refractivity contribution in [2.45, 2.75) is 39.0 Å². The van der Waals surface area contributed by atoms with Crippen LogP contribution < -0.4 is 9.47 Å². The average Bonchev–Trinajstić information content (AvgIpc) is 2.83. The van der Waals surface area contributed by atoms with Gasteiger partial charge in [-0.25, -0.2) is 8.42 Å². The lowest BCUT2D eigenvalue weighted by Gasteiger charge is -2.31. The number of sulfone groups is 1. The standard InChI is InChI=1S/C29H32O6S/c1-18(2)36(32,33)17-19(3)16-34-25-11-8-21(9-12-25)29-28(22-6-5-7-23(30)14-22)20(4)26-15-24(31)10-13-27(26)35-29/h5-15,18-19,29-31H,16-17H2,1-4H3/t19-,29?/m0/s1. The first-order valence-electron chi connectivity index (χ1n) is 12.0. The molecule has 190 valence electrons. The SMILES string of the molecule is CC1=C(c2cccc(O)c2)C(c2ccc(OC[C@H](C)CS(=O)(=O)C(C)C)cc2)Oc2ccc(O)cc21. The Balaban J connectivity index is 1.60. The summed E-state index contributed by atoms with van der Waals surface area (Å²) in [6.07, 6.45) is -0.437. The van der Waals surface area contributed by atoms with Crippen molar-refractivity contribution in [1.82, 2.24) is 0 Å². The Morgan fingerprint density at radius 2 is 1.64 bits per heavy atom. The van der Waals surface area contributed by atoms with E-state index in [0.717, 1.165) is 27.8 Å². The molecular formula is C29H32O6S. The van der Waals surface area contributed by atoms with Gasteiger partial charge in [-0.3, -0.25) is 0 Å². The van der Waals surface area contributed by atoms with Crippen molar-refractivity contribution in [1.29, 1.82) is 0 Å². The van der Waals surface area contributed by atoms with Gasteiger partial charge in [0.15, 0.2) is 9.84 Å². The summed E-state index contributed by atoms with van der Waals surface area (Å²) in [5.74, 6) is 1.58. The Hall–Kier alpha value is -3.45. The Morgan fingerprint density at radius 3 is 2.31 bits per heavy atom. The van der Waals surface area contributed by atoms with Crippen molar-refractivity contribution in [2.75, 3.05) is 12.4 Å². The summed E-state index contributed by atoms with van der Waals surface area (Å²) in [6, 6.07) is 19.6. The Kier molecular flexibility index (Phi) is 7.31. The third-order valence-corrected chi connectivity index (χ3v) is 8.86. The summed E-state index contributed by atoms with van der Waals surface area (Å²) in [6.45, 7) is 7.54. The minimum atomic E-state index is -3.13. The van der Waals surface area contributed by atoms with Crippen LogP contribution in [-0.4, -0.2) is 36.2 Å². The van der Waals surface area contributed by atoms with Gasteiger partial charge in [0.1, 0.15) is 29.1 Å². The van der Waals surface area contributed by atoms with E-state index in [9.17, 15) is 18.6 Å². The molecule has 0 fully saturated rings. The maximum Gasteiger partial charge on any atom is 0.153 e. The number of hydrogen-bond acceptors (Lipinski definition) is 6. The lowest BCUT2D eigenvalue weighted by molar-refractivity contribution is 0.258. The molecule has 1 aliphatic rings. The van der Waals surface area contributed by atoms with Gasteiger partial charge in [0, 0.05) is 17.1 Å². The van der Waals surface area contributed by atoms with Gasteiger partial charge in [0.05, 0.1) is 17.6 Å². The Labute approximate surface area is 212 Å². The third kappa shape index (κ3) is 5.51. The zero-order valence-corrected chi connectivity index (χ0v) is 21.7. The molecule has 1 heterocycles. The quantitative estimate of drug-likeness (QED) is 0.388. The molecule has 0 radical (unpaired) electrons. The highest BCUT2D eigenvalue weighted by atomic mass is 32.2. The number of benzene rings is 3. The molecule has 0 saturated carbocycles. The summed E-state index contributed by atoms with van der Waals surface area (Å²) < 4.78 is 36.6. The summed E-state index contributed by atoms with van der Waals surface area (Å²) >= 11 is 0. The molecule has 2 atom stereocenters. The zero-order valence-electron chi connectivity index (χ0n) is 20.9. The summed E-state index contributed by atoms with van der Waals surface area (Å²) in [5.41, 5.74) is 4.37. The van der Waals surface area contributed by atoms with Crippen LogP contribution in [0, 0.1) is 5.92 Å². The van der Waals surface area contributed by atoms with Crippen LogP contribution in [0.5, 0.6) is 23.0 Å². The third-order valence-electron chi connectivity index (χ3n) is 6.39. The fourth-order valence-electron chi connectivity index (χ4n) is 4.33. The fraction of sp³-hybridized carbons (Fsp3) is 0.310. The van der Waals surface area contributed by atoms with Gasteiger partial charge in [-0.1, -0.05) is 31.2 Å². The molecule has 1 aliphatic heterocycles. The van der Waals surface area contributed by atoms with Crippen LogP contribution in [0.1, 0.15) is 50.5 Å². The molecule has 0 aromatic heterocycles. The number of fused-ring (bicyclic) bond motifs is 1. The first-order chi connectivity index (χ1) is 17.0. The van der Waals surface area contributed by atoms with Gasteiger partial charge in [0.2, 0.25) is 0 Å². The maximum absolute atomic E-state index is 12.2. The minimum Gasteiger partial charge on any atom is -0.508 e. The number of allylic oxidation sites excluding steroid dienone is 1. The molecule has 1 unspecified atom stereocenters. The lowest BCUT2D eigenvalue weighted by atomic mass is 9.86. The number of aromatic hydroxyl groups is 2. The van der Waals surface area contributed by atoms with E-state index in [4.69, 9.17) is 9.47 Å². The first-order valence-corrected chi connectivity index (χ1v) is 13.7. The van der Waals surface area contributed by atoms with E-state index in [2.05, 4.69) is 0 Å². The average molecular weight is 509 g/mol. The van der Waals surface area contributed by atoms with Crippen LogP contribution >= 0.6 is 0 Å². The molecule has 0 bridgehead atoms. The van der Waals surface area contributed by atoms with Crippen LogP contribution in [0.4, 0.5) is 0 Å². The fourth-order valence-corrected chi connectivity index (χ4v) is 5.61. The highest BCUT2D eigenvalue weighted by Crippen LogP contribution is 2.47. The van der Waals surface area contributed by atoms with Crippen molar-refractivity contribution in [3.63, 3.8) is 0 Å². The van der Waals surface area contributed by atoms with Crippen LogP contribution in [-0.2, 0) is 9.84 Å². The highest BCUT2D eigenvalue weighted by Gasteiger charge is 2.30. The minimum absolute atomic E-state index is 0.0883. The van der Waals surface area contributed by atoms with Gasteiger partial charge < -0.3 is 19.7 Å². The molecule has 36 heavy (non-hydrogen) atoms. The second-order valence-electron chi connectivity index (χ2n) is 9.63. The number of phenols is 2. The molecular weight excluding hydrogens is 476 g/mol. The molecule has 3 aromatic carbocycles. The van der Waals surface area contributed by atoms with Crippen molar-refractivity contribution < 1.29 is 28.1 Å². The molecule has 0 saturated heterocycles. The van der Waals surface area contributed by atoms with Crippen LogP contribution in [0.3, 0.4) is 0 Å². The number of ether oxygens (including phenoxy) is 2. The van der Waals surface area contributed by atoms with Crippen LogP contribution in [0.25, 0.3) is 11.1 Å². The molecule has 4 rings (SSSR count). The van der Waals surface area contributed by atoms with E-state index in [1.807, 2.05) is 44.2 Å². The predicted octanol–water partition coefficient (Wildman–Crippen LogP) is 6.00. The predicted molar refractivity (Wildman–Crippen MR) is 142 cm³/mol. The van der Waals surface area contributed by atoms with Crippen molar-refractivity contribution in [2.24, 2.45) is 5.92 Å². The van der Waals surface area contributed by atoms with E-state index < -0.39 is 21.2 Å². The molecule has 0 amide bonds. The molecule has 0 spiro atoms. The number of phenolic OH excluding ortho intramolecular Hbond substituents is 2. The zero-order chi connectivity index (χ0) is 26.0. The Bertz CT molecular complexity index is 1370. The molecule has 7 heteroatoms. The van der Waals surface area contributed by atoms with Crippen LogP contribution in [0.2, 0.25) is 0 Å². The lowest BCUT2D eigenvalue weighted by Crippen LogP contribution is -2.25. The summed E-state index contributed by atoms with van der Waals surface area (Å²) in [5, 5.41) is 19.7. The Morgan fingerprint density at radius 1 is 0.944 bits per heavy atom. The molecule has 2 N–H and O–H groups in total. The van der Waals surface area contributed by atoms with Crippen molar-refractivity contribution >= 4 is 21.0 Å². The highest BCUT2D eigenvalue weighted by molar-refractivity contribution is 7.91. The van der Waals surface area contributed by atoms with E-state index in [0.29, 0.717) is 18.1 Å². The second kappa shape index (κ2) is 10.3. The first kappa shape index (κ1) is 25.6. The maximum atomic E-state index is 12.2. The van der Waals surface area contributed by atoms with E-state index in [-0.39, 0.29) is 23.2 Å². The summed E-state index contributed by atoms with van der Waals surface area (Å²) in [4.78, 5) is 0. The summed E-state index contributed by atoms with van der Waals surface area (Å²) in [7, 11) is -3.13. The topological polar surface area (TPSA) is 93.1 Å². The normalized spacial score (nSPS) is 16.4. The molecule has 3 aromatic rings. The van der Waals surface area contributed by atoms with Gasteiger partial charge >= 0.3 is 0 Å². The largest absolute Gasteiger partial charge is 0.508 e. The number of rotatable bonds is 8. The van der Waals surface area contributed by atoms with Gasteiger partial charge in [0.25, 0.3) is 0 Å². The monoisotopic (exact) mass is 508 g/mol. The van der Waals surface area contributed by atoms with Crippen molar-refractivity contribution in [3.8, 4) is 23.0 Å². The smallest absolute Gasteiger partial charge is 0.153 e. The molecule has 6 nitrogen and oxygen atoms in total.